The van der Waals surface area contributed by atoms with Crippen molar-refractivity contribution in [1.29, 1.82) is 0 Å². The van der Waals surface area contributed by atoms with E-state index in [2.05, 4.69) is 174 Å². The van der Waals surface area contributed by atoms with E-state index in [1.807, 2.05) is 40.9 Å². The Bertz CT molecular complexity index is 3050. The van der Waals surface area contributed by atoms with Crippen molar-refractivity contribution < 1.29 is 14.8 Å². The maximum Gasteiger partial charge on any atom is 0.488 e. The van der Waals surface area contributed by atoms with Gasteiger partial charge in [-0.1, -0.05) is 162 Å². The van der Waals surface area contributed by atoms with Crippen molar-refractivity contribution in [3.8, 4) is 44.5 Å². The second-order valence-electron chi connectivity index (χ2n) is 14.6. The summed E-state index contributed by atoms with van der Waals surface area (Å²) in [4.78, 5) is 0. The maximum atomic E-state index is 9.47. The summed E-state index contributed by atoms with van der Waals surface area (Å²) in [7, 11) is -1.46. The summed E-state index contributed by atoms with van der Waals surface area (Å²) in [6, 6.07) is 63.4. The zero-order valence-electron chi connectivity index (χ0n) is 32.2. The second kappa shape index (κ2) is 17.9. The molecular weight excluding hydrogens is 827 g/mol. The van der Waals surface area contributed by atoms with E-state index >= 15 is 0 Å². The number of thiophene rings is 2. The number of ether oxygens (including phenoxy) is 1. The molecule has 8 aromatic carbocycles. The molecule has 59 heavy (non-hydrogen) atoms. The molecule has 3 heterocycles. The molecule has 1 aliphatic heterocycles. The molecule has 1 saturated heterocycles. The van der Waals surface area contributed by atoms with Crippen LogP contribution in [0.4, 0.5) is 0 Å². The van der Waals surface area contributed by atoms with E-state index in [-0.39, 0.29) is 0 Å². The molecule has 0 bridgehead atoms. The summed E-state index contributed by atoms with van der Waals surface area (Å²) < 4.78 is 11.3. The predicted molar refractivity (Wildman–Crippen MR) is 258 cm³/mol. The number of rotatable bonds is 5. The largest absolute Gasteiger partial charge is 0.488 e. The lowest BCUT2D eigenvalue weighted by molar-refractivity contribution is 0.198. The van der Waals surface area contributed by atoms with E-state index in [0.29, 0.717) is 5.46 Å². The van der Waals surface area contributed by atoms with Crippen LogP contribution in [0, 0.1) is 0 Å². The molecule has 7 heteroatoms. The van der Waals surface area contributed by atoms with Crippen molar-refractivity contribution in [3.63, 3.8) is 0 Å². The zero-order chi connectivity index (χ0) is 40.1. The predicted octanol–water partition coefficient (Wildman–Crippen LogP) is 14.0. The minimum absolute atomic E-state index is 0.495. The smallest absolute Gasteiger partial charge is 0.423 e. The third-order valence-electron chi connectivity index (χ3n) is 10.7. The van der Waals surface area contributed by atoms with E-state index in [4.69, 9.17) is 4.74 Å². The third-order valence-corrected chi connectivity index (χ3v) is 13.6. The van der Waals surface area contributed by atoms with Gasteiger partial charge in [-0.2, -0.15) is 0 Å². The van der Waals surface area contributed by atoms with Crippen LogP contribution < -0.4 is 5.46 Å². The van der Waals surface area contributed by atoms with Gasteiger partial charge in [-0.3, -0.25) is 0 Å². The van der Waals surface area contributed by atoms with Crippen LogP contribution in [0.1, 0.15) is 12.8 Å². The van der Waals surface area contributed by atoms with Gasteiger partial charge in [-0.05, 0) is 99.2 Å². The van der Waals surface area contributed by atoms with Crippen LogP contribution in [-0.4, -0.2) is 30.4 Å². The van der Waals surface area contributed by atoms with Gasteiger partial charge in [0, 0.05) is 58.0 Å². The molecule has 0 radical (unpaired) electrons. The van der Waals surface area contributed by atoms with Crippen LogP contribution in [-0.2, 0) is 4.74 Å². The van der Waals surface area contributed by atoms with E-state index in [1.165, 1.54) is 81.0 Å². The van der Waals surface area contributed by atoms with Gasteiger partial charge in [-0.25, -0.2) is 0 Å². The Kier molecular flexibility index (Phi) is 11.8. The van der Waals surface area contributed by atoms with Crippen LogP contribution in [0.25, 0.3) is 84.9 Å². The molecule has 11 rings (SSSR count). The number of benzene rings is 8. The maximum absolute atomic E-state index is 9.47. The van der Waals surface area contributed by atoms with Gasteiger partial charge in [0.05, 0.1) is 0 Å². The molecule has 0 atom stereocenters. The number of halogens is 1. The van der Waals surface area contributed by atoms with Gasteiger partial charge in [0.15, 0.2) is 0 Å². The van der Waals surface area contributed by atoms with E-state index in [9.17, 15) is 10.0 Å². The number of hydrogen-bond donors (Lipinski definition) is 2. The fourth-order valence-electron chi connectivity index (χ4n) is 7.74. The summed E-state index contributed by atoms with van der Waals surface area (Å²) in [5.74, 6) is 0. The highest BCUT2D eigenvalue weighted by Gasteiger charge is 2.14. The first-order chi connectivity index (χ1) is 29.0. The van der Waals surface area contributed by atoms with Gasteiger partial charge >= 0.3 is 7.12 Å². The molecule has 10 aromatic rings. The lowest BCUT2D eigenvalue weighted by Crippen LogP contribution is -2.29. The molecule has 3 nitrogen and oxygen atoms in total. The molecule has 0 unspecified atom stereocenters. The fraction of sp³-hybridized carbons (Fsp3) is 0.0769. The molecule has 2 aromatic heterocycles. The van der Waals surface area contributed by atoms with Crippen molar-refractivity contribution in [3.05, 3.63) is 186 Å². The van der Waals surface area contributed by atoms with E-state index in [0.717, 1.165) is 34.4 Å². The molecule has 0 spiro atoms. The van der Waals surface area contributed by atoms with Gasteiger partial charge in [0.2, 0.25) is 0 Å². The minimum Gasteiger partial charge on any atom is -0.423 e. The van der Waals surface area contributed by atoms with E-state index in [1.54, 1.807) is 6.07 Å². The standard InChI is InChI=1S/C24H17BO2S.C24H15BrS.C4H8O/c26-25(27)19-9-4-7-17(15-19)16-6-3-8-18(14-16)20-11-5-12-22-21-10-1-2-13-23(21)28-24(20)22;25-19-9-4-7-17(15-19)16-6-3-8-18(14-16)20-11-5-12-22-21-10-1-2-13-23(21)26-24(20)22;1-2-4-5-3-1/h1-15,26-27H;1-15H;1-4H2. The van der Waals surface area contributed by atoms with Crippen LogP contribution >= 0.6 is 38.6 Å². The van der Waals surface area contributed by atoms with Crippen molar-refractivity contribution in [2.45, 2.75) is 12.8 Å². The summed E-state index contributed by atoms with van der Waals surface area (Å²) in [5.41, 5.74) is 9.93. The molecule has 0 saturated carbocycles. The lowest BCUT2D eigenvalue weighted by atomic mass is 9.79. The number of fused-ring (bicyclic) bond motifs is 6. The Labute approximate surface area is 361 Å². The van der Waals surface area contributed by atoms with Crippen molar-refractivity contribution in [2.75, 3.05) is 13.2 Å². The summed E-state index contributed by atoms with van der Waals surface area (Å²) in [6.07, 6.45) is 2.56. The number of hydrogen-bond acceptors (Lipinski definition) is 5. The van der Waals surface area contributed by atoms with E-state index < -0.39 is 7.12 Å². The van der Waals surface area contributed by atoms with Crippen LogP contribution in [0.2, 0.25) is 0 Å². The highest BCUT2D eigenvalue weighted by atomic mass is 79.9. The molecular formula is C52H40BBrO3S2. The van der Waals surface area contributed by atoms with Crippen LogP contribution in [0.3, 0.4) is 0 Å². The Morgan fingerprint density at radius 1 is 0.424 bits per heavy atom. The summed E-state index contributed by atoms with van der Waals surface area (Å²) in [5, 5.41) is 24.2. The zero-order valence-corrected chi connectivity index (χ0v) is 35.4. The van der Waals surface area contributed by atoms with Gasteiger partial charge in [0.25, 0.3) is 0 Å². The molecule has 1 aliphatic rings. The quantitative estimate of drug-likeness (QED) is 0.169. The Morgan fingerprint density at radius 3 is 1.34 bits per heavy atom. The first kappa shape index (κ1) is 39.1. The molecule has 0 amide bonds. The lowest BCUT2D eigenvalue weighted by Gasteiger charge is -2.09. The molecule has 0 aliphatic carbocycles. The monoisotopic (exact) mass is 866 g/mol. The topological polar surface area (TPSA) is 49.7 Å². The van der Waals surface area contributed by atoms with Gasteiger partial charge in [0.1, 0.15) is 0 Å². The highest BCUT2D eigenvalue weighted by molar-refractivity contribution is 9.10. The second-order valence-corrected chi connectivity index (χ2v) is 17.6. The van der Waals surface area contributed by atoms with Crippen molar-refractivity contribution >= 4 is 91.5 Å². The SMILES string of the molecule is Brc1cccc(-c2cccc(-c3cccc4c3sc3ccccc34)c2)c1.C1CCOC1.OB(O)c1cccc(-c2cccc(-c3cccc4c3sc3ccccc34)c2)c1. The van der Waals surface area contributed by atoms with Crippen molar-refractivity contribution in [1.82, 2.24) is 0 Å². The minimum atomic E-state index is -1.46. The fourth-order valence-corrected chi connectivity index (χ4v) is 10.6. The average molecular weight is 868 g/mol. The summed E-state index contributed by atoms with van der Waals surface area (Å²) in [6.45, 7) is 2.00. The van der Waals surface area contributed by atoms with Crippen LogP contribution in [0.5, 0.6) is 0 Å². The van der Waals surface area contributed by atoms with Gasteiger partial charge < -0.3 is 14.8 Å². The molecule has 2 N–H and O–H groups in total. The van der Waals surface area contributed by atoms with Crippen LogP contribution in [0.15, 0.2) is 186 Å². The molecule has 288 valence electrons. The Balaban J connectivity index is 0.000000136. The Morgan fingerprint density at radius 2 is 0.847 bits per heavy atom. The first-order valence-electron chi connectivity index (χ1n) is 19.8. The average Bonchev–Trinajstić information content (AvgIpc) is 4.08. The Hall–Kier alpha value is -5.38. The highest BCUT2D eigenvalue weighted by Crippen LogP contribution is 2.42. The third kappa shape index (κ3) is 8.55. The molecule has 1 fully saturated rings. The van der Waals surface area contributed by atoms with Gasteiger partial charge in [-0.15, -0.1) is 22.7 Å². The van der Waals surface area contributed by atoms with Crippen molar-refractivity contribution in [2.24, 2.45) is 0 Å². The first-order valence-corrected chi connectivity index (χ1v) is 22.2. The summed E-state index contributed by atoms with van der Waals surface area (Å²) >= 11 is 7.28. The normalized spacial score (nSPS) is 12.3.